The minimum atomic E-state index is 0.250. The molecule has 0 aromatic carbocycles. The first-order valence-corrected chi connectivity index (χ1v) is 4.02. The largest absolute Gasteiger partial charge is 0.389 e. The SMILES string of the molecule is C=C(/C=C1/C=CC=NC1C)NC. The second-order valence-electron chi connectivity index (χ2n) is 2.75. The molecule has 2 heteroatoms. The molecule has 0 fully saturated rings. The van der Waals surface area contributed by atoms with E-state index in [2.05, 4.69) is 29.9 Å². The van der Waals surface area contributed by atoms with Crippen LogP contribution < -0.4 is 5.32 Å². The van der Waals surface area contributed by atoms with E-state index in [-0.39, 0.29) is 6.04 Å². The van der Waals surface area contributed by atoms with Crippen LogP contribution in [0.1, 0.15) is 6.92 Å². The second kappa shape index (κ2) is 3.90. The summed E-state index contributed by atoms with van der Waals surface area (Å²) in [5.41, 5.74) is 2.11. The van der Waals surface area contributed by atoms with Gasteiger partial charge in [0.2, 0.25) is 0 Å². The summed E-state index contributed by atoms with van der Waals surface area (Å²) in [6, 6.07) is 0.250. The lowest BCUT2D eigenvalue weighted by molar-refractivity contribution is 0.879. The van der Waals surface area contributed by atoms with Gasteiger partial charge >= 0.3 is 0 Å². The van der Waals surface area contributed by atoms with Gasteiger partial charge in [-0.25, -0.2) is 0 Å². The molecule has 0 bridgehead atoms. The van der Waals surface area contributed by atoms with Gasteiger partial charge in [0.25, 0.3) is 0 Å². The molecule has 1 aliphatic heterocycles. The zero-order chi connectivity index (χ0) is 8.97. The first kappa shape index (κ1) is 8.78. The summed E-state index contributed by atoms with van der Waals surface area (Å²) in [7, 11) is 1.86. The Morgan fingerprint density at radius 3 is 3.08 bits per heavy atom. The minimum absolute atomic E-state index is 0.250. The molecule has 0 aromatic heterocycles. The zero-order valence-corrected chi connectivity index (χ0v) is 7.54. The Hall–Kier alpha value is -1.31. The average Bonchev–Trinajstić information content (AvgIpc) is 2.09. The number of aliphatic imine (C=N–C) groups is 1. The number of likely N-dealkylation sites (N-methyl/N-ethyl adjacent to an activating group) is 1. The molecule has 64 valence electrons. The molecule has 1 atom stereocenters. The van der Waals surface area contributed by atoms with Crippen LogP contribution in [0, 0.1) is 0 Å². The van der Waals surface area contributed by atoms with E-state index in [0.717, 1.165) is 5.70 Å². The summed E-state index contributed by atoms with van der Waals surface area (Å²) >= 11 is 0. The normalized spacial score (nSPS) is 24.5. The summed E-state index contributed by atoms with van der Waals surface area (Å²) in [5.74, 6) is 0. The van der Waals surface area contributed by atoms with Crippen molar-refractivity contribution in [3.8, 4) is 0 Å². The third-order valence-corrected chi connectivity index (χ3v) is 1.83. The molecule has 0 aliphatic carbocycles. The van der Waals surface area contributed by atoms with E-state index in [1.807, 2.05) is 25.4 Å². The zero-order valence-electron chi connectivity index (χ0n) is 7.54. The molecule has 1 rings (SSSR count). The highest BCUT2D eigenvalue weighted by atomic mass is 14.8. The minimum Gasteiger partial charge on any atom is -0.389 e. The number of hydrogen-bond donors (Lipinski definition) is 1. The fraction of sp³-hybridized carbons (Fsp3) is 0.300. The third kappa shape index (κ3) is 2.09. The maximum absolute atomic E-state index is 4.25. The van der Waals surface area contributed by atoms with Gasteiger partial charge in [0.05, 0.1) is 6.04 Å². The summed E-state index contributed by atoms with van der Waals surface area (Å²) in [4.78, 5) is 4.25. The Kier molecular flexibility index (Phi) is 2.86. The van der Waals surface area contributed by atoms with E-state index in [1.54, 1.807) is 0 Å². The highest BCUT2D eigenvalue weighted by molar-refractivity contribution is 5.74. The number of nitrogens with zero attached hydrogens (tertiary/aromatic N) is 1. The second-order valence-corrected chi connectivity index (χ2v) is 2.75. The van der Waals surface area contributed by atoms with Crippen LogP contribution in [0.25, 0.3) is 0 Å². The lowest BCUT2D eigenvalue weighted by Crippen LogP contribution is -2.08. The van der Waals surface area contributed by atoms with Crippen LogP contribution in [-0.4, -0.2) is 19.3 Å². The van der Waals surface area contributed by atoms with Crippen molar-refractivity contribution in [2.75, 3.05) is 7.05 Å². The quantitative estimate of drug-likeness (QED) is 0.656. The summed E-state index contributed by atoms with van der Waals surface area (Å²) in [6.07, 6.45) is 7.83. The van der Waals surface area contributed by atoms with E-state index in [4.69, 9.17) is 0 Å². The van der Waals surface area contributed by atoms with Gasteiger partial charge in [-0.3, -0.25) is 4.99 Å². The van der Waals surface area contributed by atoms with Crippen LogP contribution >= 0.6 is 0 Å². The van der Waals surface area contributed by atoms with Crippen LogP contribution in [0.3, 0.4) is 0 Å². The molecule has 1 N–H and O–H groups in total. The highest BCUT2D eigenvalue weighted by Gasteiger charge is 2.05. The van der Waals surface area contributed by atoms with Gasteiger partial charge < -0.3 is 5.32 Å². The summed E-state index contributed by atoms with van der Waals surface area (Å²) < 4.78 is 0. The van der Waals surface area contributed by atoms with Crippen molar-refractivity contribution >= 4 is 6.21 Å². The Bertz CT molecular complexity index is 259. The Morgan fingerprint density at radius 2 is 2.50 bits per heavy atom. The van der Waals surface area contributed by atoms with Crippen LogP contribution in [-0.2, 0) is 0 Å². The van der Waals surface area contributed by atoms with Gasteiger partial charge in [-0.05, 0) is 24.6 Å². The molecule has 12 heavy (non-hydrogen) atoms. The van der Waals surface area contributed by atoms with Crippen molar-refractivity contribution in [3.63, 3.8) is 0 Å². The van der Waals surface area contributed by atoms with Gasteiger partial charge in [-0.2, -0.15) is 0 Å². The van der Waals surface area contributed by atoms with Crippen molar-refractivity contribution in [2.24, 2.45) is 4.99 Å². The van der Waals surface area contributed by atoms with E-state index >= 15 is 0 Å². The first-order valence-electron chi connectivity index (χ1n) is 4.02. The van der Waals surface area contributed by atoms with E-state index < -0.39 is 0 Å². The fourth-order valence-electron chi connectivity index (χ4n) is 1.00. The number of rotatable bonds is 2. The summed E-state index contributed by atoms with van der Waals surface area (Å²) in [6.45, 7) is 5.89. The Labute approximate surface area is 73.4 Å². The number of allylic oxidation sites excluding steroid dienone is 2. The van der Waals surface area contributed by atoms with Gasteiger partial charge in [-0.15, -0.1) is 0 Å². The van der Waals surface area contributed by atoms with E-state index in [0.29, 0.717) is 0 Å². The van der Waals surface area contributed by atoms with E-state index in [9.17, 15) is 0 Å². The van der Waals surface area contributed by atoms with Crippen molar-refractivity contribution < 1.29 is 0 Å². The van der Waals surface area contributed by atoms with Crippen LogP contribution in [0.4, 0.5) is 0 Å². The maximum atomic E-state index is 4.25. The third-order valence-electron chi connectivity index (χ3n) is 1.83. The maximum Gasteiger partial charge on any atom is 0.0721 e. The van der Waals surface area contributed by atoms with Gasteiger partial charge in [0, 0.05) is 19.0 Å². The molecular weight excluding hydrogens is 148 g/mol. The monoisotopic (exact) mass is 162 g/mol. The molecule has 0 radical (unpaired) electrons. The molecule has 0 saturated heterocycles. The molecule has 0 aromatic rings. The molecule has 2 nitrogen and oxygen atoms in total. The molecule has 0 amide bonds. The molecular formula is C10H14N2. The average molecular weight is 162 g/mol. The fourth-order valence-corrected chi connectivity index (χ4v) is 1.00. The Morgan fingerprint density at radius 1 is 1.75 bits per heavy atom. The first-order chi connectivity index (χ1) is 5.74. The lowest BCUT2D eigenvalue weighted by atomic mass is 10.1. The molecule has 0 saturated carbocycles. The van der Waals surface area contributed by atoms with Crippen molar-refractivity contribution in [2.45, 2.75) is 13.0 Å². The molecule has 0 spiro atoms. The highest BCUT2D eigenvalue weighted by Crippen LogP contribution is 2.12. The number of dihydropyridines is 1. The molecule has 1 aliphatic rings. The molecule has 1 heterocycles. The van der Waals surface area contributed by atoms with Crippen molar-refractivity contribution in [1.82, 2.24) is 5.32 Å². The number of nitrogens with one attached hydrogen (secondary N) is 1. The van der Waals surface area contributed by atoms with Crippen LogP contribution in [0.15, 0.2) is 41.1 Å². The van der Waals surface area contributed by atoms with Crippen LogP contribution in [0.5, 0.6) is 0 Å². The van der Waals surface area contributed by atoms with Gasteiger partial charge in [-0.1, -0.05) is 12.7 Å². The lowest BCUT2D eigenvalue weighted by Gasteiger charge is -2.11. The number of hydrogen-bond acceptors (Lipinski definition) is 2. The summed E-state index contributed by atoms with van der Waals surface area (Å²) in [5, 5.41) is 2.98. The molecule has 1 unspecified atom stereocenters. The van der Waals surface area contributed by atoms with Gasteiger partial charge in [0.15, 0.2) is 0 Å². The standard InChI is InChI=1S/C10H14N2/c1-8(11-3)7-10-5-4-6-12-9(10)2/h4-7,9,11H,1H2,2-3H3/b10-7-. The smallest absolute Gasteiger partial charge is 0.0721 e. The topological polar surface area (TPSA) is 24.4 Å². The van der Waals surface area contributed by atoms with Gasteiger partial charge in [0.1, 0.15) is 0 Å². The Balaban J connectivity index is 2.75. The van der Waals surface area contributed by atoms with Crippen molar-refractivity contribution in [3.05, 3.63) is 36.1 Å². The predicted octanol–water partition coefficient (Wildman–Crippen LogP) is 1.68. The van der Waals surface area contributed by atoms with Crippen molar-refractivity contribution in [1.29, 1.82) is 0 Å². The van der Waals surface area contributed by atoms with Crippen LogP contribution in [0.2, 0.25) is 0 Å². The van der Waals surface area contributed by atoms with E-state index in [1.165, 1.54) is 5.57 Å². The predicted molar refractivity (Wildman–Crippen MR) is 53.4 cm³/mol.